The number of ether oxygens (including phenoxy) is 1. The molecule has 1 aliphatic carbocycles. The maximum atomic E-state index is 5.53. The fraction of sp³-hybridized carbons (Fsp3) is 0.625. The van der Waals surface area contributed by atoms with Crippen molar-refractivity contribution in [2.75, 3.05) is 6.61 Å². The Balaban J connectivity index is 1.83. The van der Waals surface area contributed by atoms with Crippen molar-refractivity contribution in [2.45, 2.75) is 52.1 Å². The lowest BCUT2D eigenvalue weighted by Crippen LogP contribution is -2.31. The van der Waals surface area contributed by atoms with Gasteiger partial charge in [0.2, 0.25) is 0 Å². The minimum Gasteiger partial charge on any atom is -0.494 e. The quantitative estimate of drug-likeness (QED) is 0.826. The van der Waals surface area contributed by atoms with Crippen LogP contribution in [0.25, 0.3) is 0 Å². The Morgan fingerprint density at radius 2 is 2.11 bits per heavy atom. The van der Waals surface area contributed by atoms with Gasteiger partial charge in [-0.2, -0.15) is 0 Å². The molecule has 100 valence electrons. The van der Waals surface area contributed by atoms with Crippen molar-refractivity contribution in [3.05, 3.63) is 29.8 Å². The molecule has 18 heavy (non-hydrogen) atoms. The molecule has 0 aromatic heterocycles. The topological polar surface area (TPSA) is 21.3 Å². The van der Waals surface area contributed by atoms with Crippen LogP contribution in [-0.4, -0.2) is 12.6 Å². The first-order valence-electron chi connectivity index (χ1n) is 7.24. The number of rotatable bonds is 6. The van der Waals surface area contributed by atoms with Crippen LogP contribution in [0, 0.1) is 5.92 Å². The second kappa shape index (κ2) is 6.79. The fourth-order valence-electron chi connectivity index (χ4n) is 2.81. The average Bonchev–Trinajstić information content (AvgIpc) is 2.91. The highest BCUT2D eigenvalue weighted by Gasteiger charge is 2.20. The van der Waals surface area contributed by atoms with E-state index in [0.29, 0.717) is 6.04 Å². The Bertz CT molecular complexity index is 358. The summed E-state index contributed by atoms with van der Waals surface area (Å²) < 4.78 is 5.53. The molecule has 2 nitrogen and oxygen atoms in total. The van der Waals surface area contributed by atoms with Crippen LogP contribution in [0.3, 0.4) is 0 Å². The molecule has 0 heterocycles. The van der Waals surface area contributed by atoms with Gasteiger partial charge in [-0.3, -0.25) is 0 Å². The third kappa shape index (κ3) is 3.74. The van der Waals surface area contributed by atoms with Gasteiger partial charge in [-0.15, -0.1) is 0 Å². The summed E-state index contributed by atoms with van der Waals surface area (Å²) in [5.41, 5.74) is 1.31. The zero-order chi connectivity index (χ0) is 12.8. The molecule has 1 aromatic rings. The maximum absolute atomic E-state index is 5.53. The Hall–Kier alpha value is -1.02. The predicted octanol–water partition coefficient (Wildman–Crippen LogP) is 3.75. The summed E-state index contributed by atoms with van der Waals surface area (Å²) in [6, 6.07) is 9.02. The van der Waals surface area contributed by atoms with Gasteiger partial charge in [0.1, 0.15) is 5.75 Å². The molecule has 2 heteroatoms. The molecular weight excluding hydrogens is 222 g/mol. The van der Waals surface area contributed by atoms with E-state index < -0.39 is 0 Å². The van der Waals surface area contributed by atoms with Gasteiger partial charge >= 0.3 is 0 Å². The highest BCUT2D eigenvalue weighted by atomic mass is 16.5. The molecule has 1 fully saturated rings. The molecule has 0 aliphatic heterocycles. The standard InChI is InChI=1S/C16H25NO/c1-3-18-16-10-6-7-14(11-16)12-17-13(2)15-8-4-5-9-15/h6-7,10-11,13,15,17H,3-5,8-9,12H2,1-2H3/t13-/m1/s1. The van der Waals surface area contributed by atoms with Gasteiger partial charge < -0.3 is 10.1 Å². The average molecular weight is 247 g/mol. The molecule has 1 saturated carbocycles. The lowest BCUT2D eigenvalue weighted by molar-refractivity contribution is 0.339. The molecule has 0 spiro atoms. The first-order chi connectivity index (χ1) is 8.79. The monoisotopic (exact) mass is 247 g/mol. The van der Waals surface area contributed by atoms with E-state index >= 15 is 0 Å². The van der Waals surface area contributed by atoms with Crippen LogP contribution < -0.4 is 10.1 Å². The smallest absolute Gasteiger partial charge is 0.119 e. The van der Waals surface area contributed by atoms with E-state index in [2.05, 4.69) is 30.4 Å². The summed E-state index contributed by atoms with van der Waals surface area (Å²) in [7, 11) is 0. The molecule has 1 aliphatic rings. The van der Waals surface area contributed by atoms with E-state index in [9.17, 15) is 0 Å². The Morgan fingerprint density at radius 1 is 1.33 bits per heavy atom. The second-order valence-corrected chi connectivity index (χ2v) is 5.29. The largest absolute Gasteiger partial charge is 0.494 e. The van der Waals surface area contributed by atoms with Crippen molar-refractivity contribution in [3.63, 3.8) is 0 Å². The van der Waals surface area contributed by atoms with E-state index in [1.54, 1.807) is 0 Å². The van der Waals surface area contributed by atoms with Crippen LogP contribution in [0.1, 0.15) is 45.1 Å². The van der Waals surface area contributed by atoms with E-state index in [0.717, 1.165) is 24.8 Å². The van der Waals surface area contributed by atoms with Gasteiger partial charge in [0.05, 0.1) is 6.61 Å². The van der Waals surface area contributed by atoms with Crippen molar-refractivity contribution in [1.82, 2.24) is 5.32 Å². The molecule has 0 unspecified atom stereocenters. The molecule has 2 rings (SSSR count). The van der Waals surface area contributed by atoms with Crippen LogP contribution >= 0.6 is 0 Å². The second-order valence-electron chi connectivity index (χ2n) is 5.29. The van der Waals surface area contributed by atoms with Gasteiger partial charge in [-0.25, -0.2) is 0 Å². The van der Waals surface area contributed by atoms with Crippen molar-refractivity contribution in [2.24, 2.45) is 5.92 Å². The maximum Gasteiger partial charge on any atom is 0.119 e. The van der Waals surface area contributed by atoms with Gasteiger partial charge in [-0.1, -0.05) is 25.0 Å². The normalized spacial score (nSPS) is 17.9. The summed E-state index contributed by atoms with van der Waals surface area (Å²) in [5, 5.41) is 3.65. The number of benzene rings is 1. The number of nitrogens with one attached hydrogen (secondary N) is 1. The third-order valence-corrected chi connectivity index (χ3v) is 3.94. The molecule has 0 radical (unpaired) electrons. The van der Waals surface area contributed by atoms with Gasteiger partial charge in [0.15, 0.2) is 0 Å². The summed E-state index contributed by atoms with van der Waals surface area (Å²) in [6.07, 6.45) is 5.62. The van der Waals surface area contributed by atoms with Gasteiger partial charge in [0, 0.05) is 12.6 Å². The van der Waals surface area contributed by atoms with Crippen molar-refractivity contribution in [1.29, 1.82) is 0 Å². The number of hydrogen-bond donors (Lipinski definition) is 1. The summed E-state index contributed by atoms with van der Waals surface area (Å²) in [5.74, 6) is 1.85. The summed E-state index contributed by atoms with van der Waals surface area (Å²) in [4.78, 5) is 0. The summed E-state index contributed by atoms with van der Waals surface area (Å²) >= 11 is 0. The molecular formula is C16H25NO. The zero-order valence-corrected chi connectivity index (χ0v) is 11.6. The predicted molar refractivity (Wildman–Crippen MR) is 75.9 cm³/mol. The first kappa shape index (κ1) is 13.4. The molecule has 0 saturated heterocycles. The fourth-order valence-corrected chi connectivity index (χ4v) is 2.81. The third-order valence-electron chi connectivity index (χ3n) is 3.94. The van der Waals surface area contributed by atoms with E-state index in [4.69, 9.17) is 4.74 Å². The molecule has 0 amide bonds. The minimum atomic E-state index is 0.628. The lowest BCUT2D eigenvalue weighted by atomic mass is 9.99. The van der Waals surface area contributed by atoms with Crippen LogP contribution in [0.15, 0.2) is 24.3 Å². The van der Waals surface area contributed by atoms with Crippen LogP contribution in [0.5, 0.6) is 5.75 Å². The minimum absolute atomic E-state index is 0.628. The Kier molecular flexibility index (Phi) is 5.06. The SMILES string of the molecule is CCOc1cccc(CN[C@H](C)C2CCCC2)c1. The van der Waals surface area contributed by atoms with Crippen molar-refractivity contribution >= 4 is 0 Å². The van der Waals surface area contributed by atoms with Crippen LogP contribution in [0.2, 0.25) is 0 Å². The Morgan fingerprint density at radius 3 is 2.83 bits per heavy atom. The van der Waals surface area contributed by atoms with Gasteiger partial charge in [-0.05, 0) is 50.3 Å². The van der Waals surface area contributed by atoms with Crippen molar-refractivity contribution in [3.8, 4) is 5.75 Å². The first-order valence-corrected chi connectivity index (χ1v) is 7.24. The van der Waals surface area contributed by atoms with E-state index in [-0.39, 0.29) is 0 Å². The van der Waals surface area contributed by atoms with Crippen LogP contribution in [-0.2, 0) is 6.54 Å². The Labute approximate surface area is 111 Å². The lowest BCUT2D eigenvalue weighted by Gasteiger charge is -2.20. The van der Waals surface area contributed by atoms with Crippen molar-refractivity contribution < 1.29 is 4.74 Å². The van der Waals surface area contributed by atoms with Gasteiger partial charge in [0.25, 0.3) is 0 Å². The molecule has 1 N–H and O–H groups in total. The van der Waals surface area contributed by atoms with E-state index in [1.165, 1.54) is 31.2 Å². The molecule has 1 aromatic carbocycles. The highest BCUT2D eigenvalue weighted by Crippen LogP contribution is 2.27. The van der Waals surface area contributed by atoms with Crippen LogP contribution in [0.4, 0.5) is 0 Å². The van der Waals surface area contributed by atoms with E-state index in [1.807, 2.05) is 13.0 Å². The zero-order valence-electron chi connectivity index (χ0n) is 11.6. The highest BCUT2D eigenvalue weighted by molar-refractivity contribution is 5.28. The molecule has 0 bridgehead atoms. The number of hydrogen-bond acceptors (Lipinski definition) is 2. The molecule has 1 atom stereocenters. The summed E-state index contributed by atoms with van der Waals surface area (Å²) in [6.45, 7) is 6.02.